The molecule has 1 amide bonds. The van der Waals surface area contributed by atoms with Crippen LogP contribution in [0.3, 0.4) is 0 Å². The molecule has 3 N–H and O–H groups in total. The van der Waals surface area contributed by atoms with Crippen LogP contribution in [0.2, 0.25) is 0 Å². The van der Waals surface area contributed by atoms with Crippen LogP contribution in [-0.4, -0.2) is 34.4 Å². The average Bonchev–Trinajstić information content (AvgIpc) is 2.92. The molecule has 0 saturated carbocycles. The van der Waals surface area contributed by atoms with E-state index in [1.54, 1.807) is 0 Å². The van der Waals surface area contributed by atoms with Crippen LogP contribution in [0.25, 0.3) is 0 Å². The van der Waals surface area contributed by atoms with Crippen molar-refractivity contribution in [3.8, 4) is 5.75 Å². The van der Waals surface area contributed by atoms with Crippen molar-refractivity contribution in [2.45, 2.75) is 19.4 Å². The Morgan fingerprint density at radius 1 is 1.43 bits per heavy atom. The van der Waals surface area contributed by atoms with Gasteiger partial charge in [-0.05, 0) is 12.1 Å². The van der Waals surface area contributed by atoms with Gasteiger partial charge in [-0.3, -0.25) is 9.78 Å². The van der Waals surface area contributed by atoms with Crippen LogP contribution in [0.1, 0.15) is 17.0 Å². The zero-order chi connectivity index (χ0) is 16.2. The maximum atomic E-state index is 13.6. The number of nitrogens with zero attached hydrogens (tertiary/aromatic N) is 1. The second-order valence-electron chi connectivity index (χ2n) is 5.06. The van der Waals surface area contributed by atoms with Gasteiger partial charge in [0.15, 0.2) is 6.79 Å². The molecule has 1 aromatic heterocycles. The fraction of sp³-hybridized carbons (Fsp3) is 0.357. The number of nitrogens with one attached hydrogen (secondary N) is 3. The van der Waals surface area contributed by atoms with Gasteiger partial charge in [-0.2, -0.15) is 5.10 Å². The predicted molar refractivity (Wildman–Crippen MR) is 76.3 cm³/mol. The number of carbonyl (C=O) groups is 1. The van der Waals surface area contributed by atoms with E-state index >= 15 is 0 Å². The monoisotopic (exact) mass is 322 g/mol. The quantitative estimate of drug-likeness (QED) is 0.718. The molecule has 1 aliphatic heterocycles. The summed E-state index contributed by atoms with van der Waals surface area (Å²) in [5.74, 6) is 0.254. The first-order valence-electron chi connectivity index (χ1n) is 7.04. The number of ether oxygens (including phenoxy) is 2. The van der Waals surface area contributed by atoms with Crippen molar-refractivity contribution in [3.63, 3.8) is 0 Å². The molecule has 2 heterocycles. The molecule has 122 valence electrons. The van der Waals surface area contributed by atoms with E-state index in [2.05, 4.69) is 20.5 Å². The van der Waals surface area contributed by atoms with Gasteiger partial charge in [-0.1, -0.05) is 0 Å². The Balaban J connectivity index is 1.59. The number of amides is 1. The van der Waals surface area contributed by atoms with Gasteiger partial charge in [0, 0.05) is 24.1 Å². The number of H-pyrrole nitrogens is 2. The van der Waals surface area contributed by atoms with E-state index in [1.165, 1.54) is 12.1 Å². The number of aromatic nitrogens is 3. The van der Waals surface area contributed by atoms with Gasteiger partial charge >= 0.3 is 5.69 Å². The molecule has 1 aromatic carbocycles. The van der Waals surface area contributed by atoms with E-state index in [0.717, 1.165) is 0 Å². The summed E-state index contributed by atoms with van der Waals surface area (Å²) in [4.78, 5) is 25.4. The first-order chi connectivity index (χ1) is 11.1. The topological polar surface area (TPSA) is 109 Å². The van der Waals surface area contributed by atoms with E-state index in [0.29, 0.717) is 35.7 Å². The van der Waals surface area contributed by atoms with E-state index in [9.17, 15) is 14.0 Å². The molecule has 0 atom stereocenters. The van der Waals surface area contributed by atoms with Gasteiger partial charge in [0.05, 0.1) is 13.0 Å². The standard InChI is InChI=1S/C14H15FN4O4/c15-10-3-8(13-9(4-10)6-22-7-23-13)5-12(20)16-2-1-11-17-14(21)19-18-11/h3-4H,1-2,5-7H2,(H,16,20)(H2,17,18,19,21). The lowest BCUT2D eigenvalue weighted by molar-refractivity contribution is -0.120. The Morgan fingerprint density at radius 3 is 3.09 bits per heavy atom. The Labute approximate surface area is 130 Å². The van der Waals surface area contributed by atoms with E-state index in [-0.39, 0.29) is 25.7 Å². The third kappa shape index (κ3) is 3.75. The van der Waals surface area contributed by atoms with Crippen LogP contribution in [0.4, 0.5) is 4.39 Å². The maximum Gasteiger partial charge on any atom is 0.340 e. The van der Waals surface area contributed by atoms with Gasteiger partial charge in [0.1, 0.15) is 17.4 Å². The highest BCUT2D eigenvalue weighted by Gasteiger charge is 2.18. The van der Waals surface area contributed by atoms with Gasteiger partial charge in [0.25, 0.3) is 0 Å². The Morgan fingerprint density at radius 2 is 2.30 bits per heavy atom. The Bertz CT molecular complexity index is 770. The molecule has 3 rings (SSSR count). The van der Waals surface area contributed by atoms with E-state index < -0.39 is 11.5 Å². The minimum absolute atomic E-state index is 0.00280. The second-order valence-corrected chi connectivity index (χ2v) is 5.06. The highest BCUT2D eigenvalue weighted by Crippen LogP contribution is 2.29. The molecule has 9 heteroatoms. The van der Waals surface area contributed by atoms with Gasteiger partial charge in [-0.25, -0.2) is 14.3 Å². The van der Waals surface area contributed by atoms with Crippen molar-refractivity contribution in [3.05, 3.63) is 45.4 Å². The first kappa shape index (κ1) is 15.2. The van der Waals surface area contributed by atoms with E-state index in [4.69, 9.17) is 9.47 Å². The second kappa shape index (κ2) is 6.61. The van der Waals surface area contributed by atoms with Crippen molar-refractivity contribution in [2.24, 2.45) is 0 Å². The number of aromatic amines is 2. The Kier molecular flexibility index (Phi) is 4.38. The summed E-state index contributed by atoms with van der Waals surface area (Å²) < 4.78 is 24.1. The lowest BCUT2D eigenvalue weighted by atomic mass is 10.0. The Hall–Kier alpha value is -2.68. The number of rotatable bonds is 5. The molecule has 23 heavy (non-hydrogen) atoms. The smallest absolute Gasteiger partial charge is 0.340 e. The molecule has 0 unspecified atom stereocenters. The summed E-state index contributed by atoms with van der Waals surface area (Å²) in [6.07, 6.45) is 0.382. The zero-order valence-corrected chi connectivity index (χ0v) is 12.1. The molecule has 0 aliphatic carbocycles. The summed E-state index contributed by atoms with van der Waals surface area (Å²) in [6, 6.07) is 2.62. The molecule has 1 aliphatic rings. The zero-order valence-electron chi connectivity index (χ0n) is 12.1. The molecule has 0 saturated heterocycles. The molecule has 8 nitrogen and oxygen atoms in total. The van der Waals surface area contributed by atoms with Crippen molar-refractivity contribution in [2.75, 3.05) is 13.3 Å². The first-order valence-corrected chi connectivity index (χ1v) is 7.04. The molecular weight excluding hydrogens is 307 g/mol. The maximum absolute atomic E-state index is 13.6. The highest BCUT2D eigenvalue weighted by molar-refractivity contribution is 5.79. The third-order valence-electron chi connectivity index (χ3n) is 3.34. The summed E-state index contributed by atoms with van der Waals surface area (Å²) in [6.45, 7) is 0.648. The van der Waals surface area contributed by atoms with Gasteiger partial charge in [-0.15, -0.1) is 0 Å². The van der Waals surface area contributed by atoms with Gasteiger partial charge in [0.2, 0.25) is 5.91 Å². The normalized spacial score (nSPS) is 13.3. The fourth-order valence-corrected chi connectivity index (χ4v) is 2.37. The highest BCUT2D eigenvalue weighted by atomic mass is 19.1. The van der Waals surface area contributed by atoms with Gasteiger partial charge < -0.3 is 14.8 Å². The SMILES string of the molecule is O=C(Cc1cc(F)cc2c1OCOC2)NCCc1n[nH]c(=O)[nH]1. The largest absolute Gasteiger partial charge is 0.467 e. The number of benzene rings is 1. The minimum atomic E-state index is -0.435. The molecular formula is C14H15FN4O4. The average molecular weight is 322 g/mol. The van der Waals surface area contributed by atoms with Crippen molar-refractivity contribution >= 4 is 5.91 Å². The van der Waals surface area contributed by atoms with Crippen LogP contribution >= 0.6 is 0 Å². The summed E-state index contributed by atoms with van der Waals surface area (Å²) >= 11 is 0. The molecule has 0 radical (unpaired) electrons. The lowest BCUT2D eigenvalue weighted by Crippen LogP contribution is -2.28. The number of fused-ring (bicyclic) bond motifs is 1. The minimum Gasteiger partial charge on any atom is -0.467 e. The summed E-state index contributed by atoms with van der Waals surface area (Å²) in [5.41, 5.74) is 0.680. The van der Waals surface area contributed by atoms with Crippen LogP contribution in [0.15, 0.2) is 16.9 Å². The fourth-order valence-electron chi connectivity index (χ4n) is 2.37. The molecule has 0 fully saturated rings. The third-order valence-corrected chi connectivity index (χ3v) is 3.34. The lowest BCUT2D eigenvalue weighted by Gasteiger charge is -2.20. The predicted octanol–water partition coefficient (Wildman–Crippen LogP) is 0.00500. The molecule has 2 aromatic rings. The van der Waals surface area contributed by atoms with Crippen molar-refractivity contribution < 1.29 is 18.7 Å². The number of halogens is 1. The number of hydrogen-bond donors (Lipinski definition) is 3. The number of carbonyl (C=O) groups excluding carboxylic acids is 1. The van der Waals surface area contributed by atoms with Crippen LogP contribution in [-0.2, 0) is 29.0 Å². The van der Waals surface area contributed by atoms with Crippen LogP contribution < -0.4 is 15.7 Å². The van der Waals surface area contributed by atoms with Crippen molar-refractivity contribution in [1.29, 1.82) is 0 Å². The van der Waals surface area contributed by atoms with Crippen LogP contribution in [0.5, 0.6) is 5.75 Å². The molecule has 0 spiro atoms. The summed E-state index contributed by atoms with van der Waals surface area (Å²) in [5, 5.41) is 8.67. The summed E-state index contributed by atoms with van der Waals surface area (Å²) in [7, 11) is 0. The van der Waals surface area contributed by atoms with E-state index in [1.807, 2.05) is 0 Å². The van der Waals surface area contributed by atoms with Crippen molar-refractivity contribution in [1.82, 2.24) is 20.5 Å². The molecule has 0 bridgehead atoms. The van der Waals surface area contributed by atoms with Crippen LogP contribution in [0, 0.1) is 5.82 Å². The number of hydrogen-bond acceptors (Lipinski definition) is 5.